The highest BCUT2D eigenvalue weighted by Gasteiger charge is 2.53. The summed E-state index contributed by atoms with van der Waals surface area (Å²) in [4.78, 5) is 26.0. The average molecular weight is 575 g/mol. The topological polar surface area (TPSA) is 142 Å². The van der Waals surface area contributed by atoms with Crippen molar-refractivity contribution >= 4 is 17.4 Å². The summed E-state index contributed by atoms with van der Waals surface area (Å²) in [6.07, 6.45) is 4.14. The van der Waals surface area contributed by atoms with E-state index in [1.807, 2.05) is 19.2 Å². The van der Waals surface area contributed by atoms with Crippen LogP contribution in [-0.4, -0.2) is 72.2 Å². The average Bonchev–Trinajstić information content (AvgIpc) is 3.56. The predicted octanol–water partition coefficient (Wildman–Crippen LogP) is 3.10. The molecular weight excluding hydrogens is 547 g/mol. The van der Waals surface area contributed by atoms with Gasteiger partial charge in [-0.05, 0) is 41.8 Å². The van der Waals surface area contributed by atoms with Crippen LogP contribution in [0, 0.1) is 22.6 Å². The molecule has 0 radical (unpaired) electrons. The minimum absolute atomic E-state index is 0.136. The van der Waals surface area contributed by atoms with Crippen LogP contribution in [0.15, 0.2) is 60.9 Å². The van der Waals surface area contributed by atoms with Gasteiger partial charge in [-0.2, -0.15) is 20.6 Å². The van der Waals surface area contributed by atoms with Gasteiger partial charge in [-0.1, -0.05) is 24.3 Å². The fraction of sp³-hybridized carbons (Fsp3) is 0.258. The van der Waals surface area contributed by atoms with Gasteiger partial charge in [-0.25, -0.2) is 18.9 Å². The van der Waals surface area contributed by atoms with Crippen LogP contribution in [0.1, 0.15) is 28.9 Å². The lowest BCUT2D eigenvalue weighted by Gasteiger charge is -2.46. The largest absolute Gasteiger partial charge is 0.381 e. The van der Waals surface area contributed by atoms with E-state index >= 15 is 4.39 Å². The Morgan fingerprint density at radius 2 is 1.93 bits per heavy atom. The summed E-state index contributed by atoms with van der Waals surface area (Å²) in [6, 6.07) is 16.0. The smallest absolute Gasteiger partial charge is 0.231 e. The highest BCUT2D eigenvalue weighted by Crippen LogP contribution is 2.41. The summed E-state index contributed by atoms with van der Waals surface area (Å²) >= 11 is 0. The Morgan fingerprint density at radius 1 is 1.09 bits per heavy atom. The molecule has 0 aliphatic carbocycles. The van der Waals surface area contributed by atoms with E-state index in [1.54, 1.807) is 52.1 Å². The highest BCUT2D eigenvalue weighted by atomic mass is 19.1. The van der Waals surface area contributed by atoms with Crippen LogP contribution in [-0.2, 0) is 17.8 Å². The molecule has 0 saturated carbocycles. The minimum atomic E-state index is -0.345. The van der Waals surface area contributed by atoms with Crippen molar-refractivity contribution in [2.24, 2.45) is 5.41 Å². The number of halogens is 1. The van der Waals surface area contributed by atoms with E-state index in [4.69, 9.17) is 10.8 Å². The molecule has 1 spiro atoms. The number of nitriles is 1. The summed E-state index contributed by atoms with van der Waals surface area (Å²) in [5.41, 5.74) is 10.6. The van der Waals surface area contributed by atoms with E-state index in [9.17, 15) is 10.1 Å². The second-order valence-corrected chi connectivity index (χ2v) is 11.2. The number of aromatic nitrogens is 6. The fourth-order valence-electron chi connectivity index (χ4n) is 6.26. The Kier molecular flexibility index (Phi) is 6.32. The number of hydrogen-bond acceptors (Lipinski definition) is 9. The molecule has 5 aromatic rings. The normalized spacial score (nSPS) is 16.1. The number of benzene rings is 2. The minimum Gasteiger partial charge on any atom is -0.381 e. The van der Waals surface area contributed by atoms with Gasteiger partial charge in [0.15, 0.2) is 17.3 Å². The Hall–Kier alpha value is -5.28. The van der Waals surface area contributed by atoms with Crippen molar-refractivity contribution in [3.63, 3.8) is 0 Å². The van der Waals surface area contributed by atoms with Crippen molar-refractivity contribution in [1.29, 1.82) is 5.26 Å². The van der Waals surface area contributed by atoms with E-state index < -0.39 is 0 Å². The third-order valence-electron chi connectivity index (χ3n) is 8.39. The molecule has 12 heteroatoms. The Labute approximate surface area is 246 Å². The molecule has 0 unspecified atom stereocenters. The van der Waals surface area contributed by atoms with E-state index in [-0.39, 0.29) is 29.4 Å². The van der Waals surface area contributed by atoms with E-state index in [1.165, 1.54) is 6.07 Å². The van der Waals surface area contributed by atoms with E-state index in [0.717, 1.165) is 18.5 Å². The number of nitrogen functional groups attached to an aromatic ring is 1. The number of likely N-dealkylation sites (tertiary alicyclic amines) is 2. The number of rotatable bonds is 6. The Balaban J connectivity index is 1.26. The first kappa shape index (κ1) is 26.6. The predicted molar refractivity (Wildman–Crippen MR) is 156 cm³/mol. The van der Waals surface area contributed by atoms with Crippen LogP contribution in [0.5, 0.6) is 0 Å². The maximum absolute atomic E-state index is 15.3. The molecule has 11 nitrogen and oxygen atoms in total. The van der Waals surface area contributed by atoms with Gasteiger partial charge >= 0.3 is 0 Å². The fourth-order valence-corrected chi connectivity index (χ4v) is 6.26. The molecule has 7 rings (SSSR count). The second-order valence-electron chi connectivity index (χ2n) is 11.2. The van der Waals surface area contributed by atoms with Gasteiger partial charge in [0.2, 0.25) is 5.91 Å². The number of amides is 1. The summed E-state index contributed by atoms with van der Waals surface area (Å²) < 4.78 is 16.9. The van der Waals surface area contributed by atoms with Gasteiger partial charge < -0.3 is 10.6 Å². The monoisotopic (exact) mass is 574 g/mol. The number of carbonyl (C=O) groups excluding carboxylic acids is 1. The molecule has 1 amide bonds. The van der Waals surface area contributed by atoms with Gasteiger partial charge in [-0.3, -0.25) is 9.69 Å². The van der Waals surface area contributed by atoms with Crippen LogP contribution in [0.25, 0.3) is 28.2 Å². The van der Waals surface area contributed by atoms with Crippen LogP contribution in [0.3, 0.4) is 0 Å². The summed E-state index contributed by atoms with van der Waals surface area (Å²) in [6.45, 7) is 2.63. The van der Waals surface area contributed by atoms with E-state index in [2.05, 4.69) is 31.1 Å². The third-order valence-corrected chi connectivity index (χ3v) is 8.39. The van der Waals surface area contributed by atoms with Crippen molar-refractivity contribution in [3.05, 3.63) is 89.3 Å². The first-order chi connectivity index (χ1) is 20.8. The zero-order chi connectivity index (χ0) is 29.7. The van der Waals surface area contributed by atoms with Crippen LogP contribution < -0.4 is 5.73 Å². The maximum Gasteiger partial charge on any atom is 0.231 e. The molecule has 0 bridgehead atoms. The van der Waals surface area contributed by atoms with Gasteiger partial charge in [0, 0.05) is 50.8 Å². The van der Waals surface area contributed by atoms with Gasteiger partial charge in [0.05, 0.1) is 35.1 Å². The second kappa shape index (κ2) is 10.2. The standard InChI is InChI=1S/C31H27FN10O/c1-40-11-9-31(30(40)43)17-41(18-31)16-22-6-3-7-24(32)23(22)13-25-37-29-28(34)38-26(20-5-2-4-19(12-20)14-33)27(42(29)39-25)21-8-10-35-36-15-21/h2-8,10,12,15H,9,11,13,16-18H2,1H3,(H2,34,38). The van der Waals surface area contributed by atoms with Crippen LogP contribution in [0.4, 0.5) is 10.2 Å². The number of anilines is 1. The number of nitrogens with two attached hydrogens (primary N) is 1. The van der Waals surface area contributed by atoms with Crippen molar-refractivity contribution in [1.82, 2.24) is 39.6 Å². The lowest BCUT2D eigenvalue weighted by Crippen LogP contribution is -2.59. The number of carbonyl (C=O) groups is 1. The lowest BCUT2D eigenvalue weighted by molar-refractivity contribution is -0.144. The molecule has 3 aromatic heterocycles. The van der Waals surface area contributed by atoms with E-state index in [0.29, 0.717) is 64.7 Å². The molecule has 0 atom stereocenters. The lowest BCUT2D eigenvalue weighted by atomic mass is 9.78. The molecular formula is C31H27FN10O. The highest BCUT2D eigenvalue weighted by molar-refractivity contribution is 5.86. The number of hydrogen-bond donors (Lipinski definition) is 1. The molecule has 2 fully saturated rings. The molecule has 2 N–H and O–H groups in total. The quantitative estimate of drug-likeness (QED) is 0.324. The molecule has 2 saturated heterocycles. The molecule has 5 heterocycles. The molecule has 214 valence electrons. The van der Waals surface area contributed by atoms with Crippen molar-refractivity contribution < 1.29 is 9.18 Å². The SMILES string of the molecule is CN1CCC2(CN(Cc3cccc(F)c3Cc3nc4c(N)nc(-c5cccc(C#N)c5)c(-c5ccnnc5)n4n3)C2)C1=O. The summed E-state index contributed by atoms with van der Waals surface area (Å²) in [5.74, 6) is 0.371. The first-order valence-electron chi connectivity index (χ1n) is 13.9. The molecule has 2 aliphatic rings. The molecule has 2 aliphatic heterocycles. The van der Waals surface area contributed by atoms with Crippen LogP contribution in [0.2, 0.25) is 0 Å². The van der Waals surface area contributed by atoms with Gasteiger partial charge in [0.25, 0.3) is 0 Å². The summed E-state index contributed by atoms with van der Waals surface area (Å²) in [5, 5.41) is 22.2. The molecule has 2 aromatic carbocycles. The zero-order valence-corrected chi connectivity index (χ0v) is 23.4. The van der Waals surface area contributed by atoms with Crippen molar-refractivity contribution in [2.45, 2.75) is 19.4 Å². The number of fused-ring (bicyclic) bond motifs is 1. The zero-order valence-electron chi connectivity index (χ0n) is 23.4. The van der Waals surface area contributed by atoms with Crippen molar-refractivity contribution in [3.8, 4) is 28.6 Å². The van der Waals surface area contributed by atoms with Crippen LogP contribution >= 0.6 is 0 Å². The maximum atomic E-state index is 15.3. The Bertz CT molecular complexity index is 1930. The Morgan fingerprint density at radius 3 is 2.67 bits per heavy atom. The van der Waals surface area contributed by atoms with Gasteiger partial charge in [0.1, 0.15) is 11.5 Å². The van der Waals surface area contributed by atoms with Gasteiger partial charge in [-0.15, -0.1) is 0 Å². The molecule has 43 heavy (non-hydrogen) atoms. The third kappa shape index (κ3) is 4.54. The number of nitrogens with zero attached hydrogens (tertiary/aromatic N) is 9. The van der Waals surface area contributed by atoms with Crippen molar-refractivity contribution in [2.75, 3.05) is 32.4 Å². The summed E-state index contributed by atoms with van der Waals surface area (Å²) in [7, 11) is 1.84. The first-order valence-corrected chi connectivity index (χ1v) is 13.9.